The number of aliphatic hydroxyl groups is 1. The standard InChI is InChI=1S/C14H15BrF2N2O2/c1-3-11-13(15)12(19(2)18-11)7-21-14-9(16)4-8(6-20)5-10(14)17/h4-5,20H,3,6-7H2,1-2H3. The second-order valence-electron chi connectivity index (χ2n) is 4.52. The van der Waals surface area contributed by atoms with Gasteiger partial charge in [0.2, 0.25) is 0 Å². The van der Waals surface area contributed by atoms with Gasteiger partial charge in [-0.05, 0) is 40.0 Å². The molecule has 0 saturated carbocycles. The van der Waals surface area contributed by atoms with Crippen LogP contribution in [0.3, 0.4) is 0 Å². The molecule has 0 amide bonds. The number of halogens is 3. The molecular formula is C14H15BrF2N2O2. The van der Waals surface area contributed by atoms with Gasteiger partial charge in [-0.3, -0.25) is 4.68 Å². The molecule has 21 heavy (non-hydrogen) atoms. The van der Waals surface area contributed by atoms with Crippen LogP contribution in [0.2, 0.25) is 0 Å². The molecule has 4 nitrogen and oxygen atoms in total. The average Bonchev–Trinajstić information content (AvgIpc) is 2.72. The molecule has 0 aliphatic carbocycles. The summed E-state index contributed by atoms with van der Waals surface area (Å²) < 4.78 is 35.2. The number of ether oxygens (including phenoxy) is 1. The molecule has 0 bridgehead atoms. The lowest BCUT2D eigenvalue weighted by molar-refractivity contribution is 0.259. The zero-order chi connectivity index (χ0) is 15.6. The van der Waals surface area contributed by atoms with Gasteiger partial charge in [0.1, 0.15) is 6.61 Å². The van der Waals surface area contributed by atoms with Crippen LogP contribution in [-0.4, -0.2) is 14.9 Å². The third-order valence-electron chi connectivity index (χ3n) is 3.10. The number of hydrogen-bond donors (Lipinski definition) is 1. The van der Waals surface area contributed by atoms with Crippen LogP contribution in [0.5, 0.6) is 5.75 Å². The first-order valence-corrected chi connectivity index (χ1v) is 7.19. The first-order chi connectivity index (χ1) is 9.97. The Morgan fingerprint density at radius 3 is 2.43 bits per heavy atom. The predicted molar refractivity (Wildman–Crippen MR) is 76.9 cm³/mol. The van der Waals surface area contributed by atoms with E-state index in [1.165, 1.54) is 0 Å². The van der Waals surface area contributed by atoms with E-state index in [4.69, 9.17) is 9.84 Å². The quantitative estimate of drug-likeness (QED) is 0.891. The van der Waals surface area contributed by atoms with Gasteiger partial charge >= 0.3 is 0 Å². The highest BCUT2D eigenvalue weighted by Gasteiger charge is 2.17. The van der Waals surface area contributed by atoms with Crippen molar-refractivity contribution in [2.45, 2.75) is 26.6 Å². The van der Waals surface area contributed by atoms with Crippen molar-refractivity contribution < 1.29 is 18.6 Å². The summed E-state index contributed by atoms with van der Waals surface area (Å²) in [7, 11) is 1.74. The zero-order valence-electron chi connectivity index (χ0n) is 11.7. The van der Waals surface area contributed by atoms with Gasteiger partial charge in [-0.2, -0.15) is 5.10 Å². The van der Waals surface area contributed by atoms with E-state index in [0.717, 1.165) is 28.7 Å². The minimum atomic E-state index is -0.840. The minimum absolute atomic E-state index is 0.0175. The van der Waals surface area contributed by atoms with E-state index in [2.05, 4.69) is 21.0 Å². The fourth-order valence-corrected chi connectivity index (χ4v) is 2.69. The van der Waals surface area contributed by atoms with Gasteiger partial charge in [0.05, 0.1) is 22.5 Å². The molecule has 1 aromatic heterocycles. The maximum atomic E-state index is 13.8. The third kappa shape index (κ3) is 3.24. The van der Waals surface area contributed by atoms with Gasteiger partial charge in [-0.25, -0.2) is 8.78 Å². The Morgan fingerprint density at radius 2 is 1.95 bits per heavy atom. The summed E-state index contributed by atoms with van der Waals surface area (Å²) in [5, 5.41) is 13.2. The molecular weight excluding hydrogens is 346 g/mol. The monoisotopic (exact) mass is 360 g/mol. The number of aryl methyl sites for hydroxylation is 2. The molecule has 1 N–H and O–H groups in total. The van der Waals surface area contributed by atoms with Crippen molar-refractivity contribution in [2.75, 3.05) is 0 Å². The number of hydrogen-bond acceptors (Lipinski definition) is 3. The minimum Gasteiger partial charge on any atom is -0.481 e. The first kappa shape index (κ1) is 15.9. The van der Waals surface area contributed by atoms with Crippen LogP contribution in [0.4, 0.5) is 8.78 Å². The maximum Gasteiger partial charge on any atom is 0.191 e. The summed E-state index contributed by atoms with van der Waals surface area (Å²) in [5.74, 6) is -2.14. The van der Waals surface area contributed by atoms with Crippen LogP contribution in [-0.2, 0) is 26.7 Å². The molecule has 0 radical (unpaired) electrons. The van der Waals surface area contributed by atoms with Crippen LogP contribution in [0, 0.1) is 11.6 Å². The topological polar surface area (TPSA) is 47.3 Å². The van der Waals surface area contributed by atoms with E-state index >= 15 is 0 Å². The van der Waals surface area contributed by atoms with Crippen LogP contribution in [0.15, 0.2) is 16.6 Å². The van der Waals surface area contributed by atoms with Crippen molar-refractivity contribution in [3.05, 3.63) is 45.2 Å². The van der Waals surface area contributed by atoms with Gasteiger partial charge in [0.25, 0.3) is 0 Å². The Morgan fingerprint density at radius 1 is 1.33 bits per heavy atom. The molecule has 0 saturated heterocycles. The van der Waals surface area contributed by atoms with Crippen molar-refractivity contribution in [1.29, 1.82) is 0 Å². The Hall–Kier alpha value is -1.47. The Balaban J connectivity index is 2.23. The normalized spacial score (nSPS) is 11.0. The lowest BCUT2D eigenvalue weighted by Gasteiger charge is -2.10. The molecule has 0 unspecified atom stereocenters. The van der Waals surface area contributed by atoms with E-state index < -0.39 is 24.0 Å². The molecule has 114 valence electrons. The second kappa shape index (κ2) is 6.53. The number of benzene rings is 1. The van der Waals surface area contributed by atoms with Crippen molar-refractivity contribution >= 4 is 15.9 Å². The van der Waals surface area contributed by atoms with Gasteiger partial charge in [-0.1, -0.05) is 6.92 Å². The number of rotatable bonds is 5. The van der Waals surface area contributed by atoms with Gasteiger partial charge in [0.15, 0.2) is 17.4 Å². The second-order valence-corrected chi connectivity index (χ2v) is 5.31. The lowest BCUT2D eigenvalue weighted by atomic mass is 10.2. The fraction of sp³-hybridized carbons (Fsp3) is 0.357. The Kier molecular flexibility index (Phi) is 4.95. The average molecular weight is 361 g/mol. The SMILES string of the molecule is CCc1nn(C)c(COc2c(F)cc(CO)cc2F)c1Br. The van der Waals surface area contributed by atoms with E-state index in [1.54, 1.807) is 11.7 Å². The predicted octanol–water partition coefficient (Wildman–Crippen LogP) is 3.09. The summed E-state index contributed by atoms with van der Waals surface area (Å²) in [6.07, 6.45) is 0.738. The number of nitrogens with zero attached hydrogens (tertiary/aromatic N) is 2. The van der Waals surface area contributed by atoms with E-state index in [1.807, 2.05) is 6.92 Å². The lowest BCUT2D eigenvalue weighted by Crippen LogP contribution is -2.06. The Bertz CT molecular complexity index is 636. The van der Waals surface area contributed by atoms with E-state index in [9.17, 15) is 8.78 Å². The third-order valence-corrected chi connectivity index (χ3v) is 4.01. The van der Waals surface area contributed by atoms with Crippen molar-refractivity contribution in [3.8, 4) is 5.75 Å². The number of aromatic nitrogens is 2. The fourth-order valence-electron chi connectivity index (χ4n) is 1.96. The van der Waals surface area contributed by atoms with Crippen LogP contribution < -0.4 is 4.74 Å². The van der Waals surface area contributed by atoms with Crippen molar-refractivity contribution in [1.82, 2.24) is 9.78 Å². The van der Waals surface area contributed by atoms with E-state index in [0.29, 0.717) is 5.69 Å². The molecule has 0 aliphatic heterocycles. The van der Waals surface area contributed by atoms with Crippen molar-refractivity contribution in [2.24, 2.45) is 7.05 Å². The van der Waals surface area contributed by atoms with E-state index in [-0.39, 0.29) is 12.2 Å². The highest BCUT2D eigenvalue weighted by Crippen LogP contribution is 2.27. The van der Waals surface area contributed by atoms with Crippen LogP contribution in [0.1, 0.15) is 23.9 Å². The number of aliphatic hydroxyl groups excluding tert-OH is 1. The molecule has 0 aliphatic rings. The maximum absolute atomic E-state index is 13.8. The molecule has 0 fully saturated rings. The molecule has 1 aromatic carbocycles. The molecule has 2 aromatic rings. The summed E-state index contributed by atoms with van der Waals surface area (Å²) in [6, 6.07) is 2.10. The molecule has 2 rings (SSSR count). The molecule has 7 heteroatoms. The summed E-state index contributed by atoms with van der Waals surface area (Å²) in [6.45, 7) is 1.52. The smallest absolute Gasteiger partial charge is 0.191 e. The summed E-state index contributed by atoms with van der Waals surface area (Å²) in [5.41, 5.74) is 1.71. The summed E-state index contributed by atoms with van der Waals surface area (Å²) in [4.78, 5) is 0. The zero-order valence-corrected chi connectivity index (χ0v) is 13.2. The van der Waals surface area contributed by atoms with Crippen LogP contribution >= 0.6 is 15.9 Å². The molecule has 0 spiro atoms. The van der Waals surface area contributed by atoms with Gasteiger partial charge in [-0.15, -0.1) is 0 Å². The first-order valence-electron chi connectivity index (χ1n) is 6.39. The van der Waals surface area contributed by atoms with Gasteiger partial charge in [0, 0.05) is 7.05 Å². The molecule has 1 heterocycles. The largest absolute Gasteiger partial charge is 0.481 e. The van der Waals surface area contributed by atoms with Crippen molar-refractivity contribution in [3.63, 3.8) is 0 Å². The highest BCUT2D eigenvalue weighted by atomic mass is 79.9. The highest BCUT2D eigenvalue weighted by molar-refractivity contribution is 9.10. The Labute approximate surface area is 129 Å². The molecule has 0 atom stereocenters. The van der Waals surface area contributed by atoms with Gasteiger partial charge < -0.3 is 9.84 Å². The van der Waals surface area contributed by atoms with Crippen LogP contribution in [0.25, 0.3) is 0 Å². The summed E-state index contributed by atoms with van der Waals surface area (Å²) >= 11 is 3.41.